The highest BCUT2D eigenvalue weighted by molar-refractivity contribution is 5.90. The number of nitrogens with zero attached hydrogens (tertiary/aromatic N) is 2. The van der Waals surface area contributed by atoms with Gasteiger partial charge in [-0.3, -0.25) is 4.90 Å². The van der Waals surface area contributed by atoms with Crippen LogP contribution in [0.25, 0.3) is 0 Å². The van der Waals surface area contributed by atoms with Crippen molar-refractivity contribution >= 4 is 35.8 Å². The molecule has 1 aliphatic heterocycles. The maximum Gasteiger partial charge on any atom is 0.328 e. The molecule has 3 rings (SSSR count). The summed E-state index contributed by atoms with van der Waals surface area (Å²) in [5, 5.41) is 46.9. The number of piperazine rings is 1. The zero-order chi connectivity index (χ0) is 38.6. The number of rotatable bonds is 15. The second kappa shape index (κ2) is 27.0. The summed E-state index contributed by atoms with van der Waals surface area (Å²) in [5.41, 5.74) is 8.47. The summed E-state index contributed by atoms with van der Waals surface area (Å²) in [5.74, 6) is -6.62. The van der Waals surface area contributed by atoms with Crippen molar-refractivity contribution in [3.05, 3.63) is 102 Å². The summed E-state index contributed by atoms with van der Waals surface area (Å²) in [7, 11) is 1.72. The molecule has 0 aliphatic carbocycles. The molecule has 1 saturated heterocycles. The van der Waals surface area contributed by atoms with E-state index in [4.69, 9.17) is 41.1 Å². The Bertz CT molecular complexity index is 1320. The quantitative estimate of drug-likeness (QED) is 0.131. The lowest BCUT2D eigenvalue weighted by atomic mass is 9.96. The lowest BCUT2D eigenvalue weighted by molar-refractivity contribution is -0.134. The average molecular weight is 716 g/mol. The Kier molecular flexibility index (Phi) is 23.9. The molecule has 1 aliphatic rings. The Labute approximate surface area is 295 Å². The number of methoxy groups -OCH3 is 1. The second-order valence-electron chi connectivity index (χ2n) is 10.4. The molecule has 8 N–H and O–H groups in total. The largest absolute Gasteiger partial charge is 0.497 e. The van der Waals surface area contributed by atoms with Crippen LogP contribution in [-0.4, -0.2) is 123 Å². The third kappa shape index (κ3) is 24.9. The van der Waals surface area contributed by atoms with Crippen LogP contribution in [0.1, 0.15) is 30.0 Å². The highest BCUT2D eigenvalue weighted by Crippen LogP contribution is 2.28. The van der Waals surface area contributed by atoms with Crippen LogP contribution in [0.2, 0.25) is 0 Å². The zero-order valence-corrected chi connectivity index (χ0v) is 28.1. The minimum absolute atomic E-state index is 0.452. The van der Waals surface area contributed by atoms with Crippen LogP contribution in [0.3, 0.4) is 0 Å². The molecular formula is C35H45N3O13. The van der Waals surface area contributed by atoms with Gasteiger partial charge in [-0.25, -0.2) is 28.8 Å². The van der Waals surface area contributed by atoms with Crippen LogP contribution >= 0.6 is 0 Å². The minimum Gasteiger partial charge on any atom is -0.497 e. The summed E-state index contributed by atoms with van der Waals surface area (Å²) < 4.78 is 5.34. The number of carboxylic acids is 6. The number of carbonyl (C=O) groups is 6. The van der Waals surface area contributed by atoms with Crippen molar-refractivity contribution in [2.75, 3.05) is 46.4 Å². The molecule has 278 valence electrons. The van der Waals surface area contributed by atoms with E-state index in [0.29, 0.717) is 42.5 Å². The fourth-order valence-corrected chi connectivity index (χ4v) is 4.38. The lowest BCUT2D eigenvalue weighted by Gasteiger charge is -2.39. The van der Waals surface area contributed by atoms with E-state index in [9.17, 15) is 28.8 Å². The number of hydrogen-bond donors (Lipinski definition) is 7. The van der Waals surface area contributed by atoms with E-state index >= 15 is 0 Å². The molecular weight excluding hydrogens is 670 g/mol. The first-order chi connectivity index (χ1) is 24.2. The van der Waals surface area contributed by atoms with Gasteiger partial charge in [-0.1, -0.05) is 42.5 Å². The van der Waals surface area contributed by atoms with E-state index in [2.05, 4.69) is 64.4 Å². The first kappa shape index (κ1) is 45.2. The first-order valence-electron chi connectivity index (χ1n) is 15.4. The molecule has 16 heteroatoms. The number of carboxylic acid groups (broad SMARTS) is 6. The predicted octanol–water partition coefficient (Wildman–Crippen LogP) is 2.47. The summed E-state index contributed by atoms with van der Waals surface area (Å²) in [6, 6.07) is 19.9. The molecule has 16 nitrogen and oxygen atoms in total. The number of benzene rings is 2. The Morgan fingerprint density at radius 3 is 1.43 bits per heavy atom. The van der Waals surface area contributed by atoms with E-state index in [1.807, 2.05) is 0 Å². The van der Waals surface area contributed by atoms with Crippen molar-refractivity contribution in [1.82, 2.24) is 9.80 Å². The van der Waals surface area contributed by atoms with Crippen LogP contribution in [0.15, 0.2) is 91.1 Å². The van der Waals surface area contributed by atoms with E-state index in [-0.39, 0.29) is 0 Å². The first-order valence-corrected chi connectivity index (χ1v) is 15.4. The third-order valence-electron chi connectivity index (χ3n) is 6.68. The summed E-state index contributed by atoms with van der Waals surface area (Å²) in [6.07, 6.45) is 6.68. The molecule has 0 spiro atoms. The van der Waals surface area contributed by atoms with Gasteiger partial charge in [0.2, 0.25) is 0 Å². The predicted molar refractivity (Wildman–Crippen MR) is 185 cm³/mol. The molecule has 1 atom stereocenters. The molecule has 51 heavy (non-hydrogen) atoms. The summed E-state index contributed by atoms with van der Waals surface area (Å²) >= 11 is 0. The normalized spacial score (nSPS) is 13.5. The van der Waals surface area contributed by atoms with Crippen LogP contribution in [0.4, 0.5) is 0 Å². The number of hydrogen-bond acceptors (Lipinski definition) is 10. The number of aryl methyl sites for hydroxylation is 1. The van der Waals surface area contributed by atoms with Crippen LogP contribution in [0, 0.1) is 0 Å². The van der Waals surface area contributed by atoms with Gasteiger partial charge in [-0.2, -0.15) is 0 Å². The number of ether oxygens (including phenoxy) is 1. The third-order valence-corrected chi connectivity index (χ3v) is 6.68. The van der Waals surface area contributed by atoms with Gasteiger partial charge in [-0.15, -0.1) is 0 Å². The monoisotopic (exact) mass is 715 g/mol. The molecule has 0 aromatic heterocycles. The second-order valence-corrected chi connectivity index (χ2v) is 10.4. The molecule has 2 aromatic carbocycles. The zero-order valence-electron chi connectivity index (χ0n) is 28.1. The van der Waals surface area contributed by atoms with E-state index in [1.54, 1.807) is 7.11 Å². The van der Waals surface area contributed by atoms with Crippen LogP contribution in [-0.2, 0) is 35.2 Å². The summed E-state index contributed by atoms with van der Waals surface area (Å²) in [6.45, 7) is 6.43. The standard InChI is InChI=1S/C23H33N3O.3C4H4O4/c1-27-22-11-9-21(10-12-22)23(13-8-20-6-3-2-4-7-20)26-18-16-25(17-19-26)15-5-14-24;3*5-3(6)1-2-4(7)8/h2-4,6-7,9-12,23H,5,8,13-19,24H2,1H3;3*1-2H,(H,5,6)(H,7,8)/b;3*2-1+. The van der Waals surface area contributed by atoms with Crippen LogP contribution in [0.5, 0.6) is 5.75 Å². The Morgan fingerprint density at radius 2 is 1.08 bits per heavy atom. The molecule has 2 aromatic rings. The molecule has 0 radical (unpaired) electrons. The van der Waals surface area contributed by atoms with Gasteiger partial charge in [0.15, 0.2) is 0 Å². The lowest BCUT2D eigenvalue weighted by Crippen LogP contribution is -2.48. The van der Waals surface area contributed by atoms with E-state index in [1.165, 1.54) is 11.1 Å². The molecule has 1 fully saturated rings. The van der Waals surface area contributed by atoms with Gasteiger partial charge < -0.3 is 46.0 Å². The van der Waals surface area contributed by atoms with Crippen molar-refractivity contribution in [3.8, 4) is 5.75 Å². The SMILES string of the molecule is COc1ccc(C(CCc2ccccc2)N2CCN(CCCN)CC2)cc1.O=C(O)/C=C/C(=O)O.O=C(O)/C=C/C(=O)O.O=C(O)/C=C/C(=O)O. The minimum atomic E-state index is -1.26. The van der Waals surface area contributed by atoms with Crippen molar-refractivity contribution in [2.24, 2.45) is 5.73 Å². The smallest absolute Gasteiger partial charge is 0.328 e. The highest BCUT2D eigenvalue weighted by Gasteiger charge is 2.25. The maximum atomic E-state index is 9.55. The maximum absolute atomic E-state index is 9.55. The van der Waals surface area contributed by atoms with Crippen molar-refractivity contribution in [3.63, 3.8) is 0 Å². The van der Waals surface area contributed by atoms with Gasteiger partial charge in [0.1, 0.15) is 5.75 Å². The molecule has 1 unspecified atom stereocenters. The number of aliphatic carboxylic acids is 6. The molecule has 0 amide bonds. The van der Waals surface area contributed by atoms with Gasteiger partial charge in [0.25, 0.3) is 0 Å². The van der Waals surface area contributed by atoms with Crippen LogP contribution < -0.4 is 10.5 Å². The average Bonchev–Trinajstić information content (AvgIpc) is 3.10. The topological polar surface area (TPSA) is 266 Å². The van der Waals surface area contributed by atoms with E-state index in [0.717, 1.165) is 64.3 Å². The van der Waals surface area contributed by atoms with E-state index < -0.39 is 35.8 Å². The van der Waals surface area contributed by atoms with Gasteiger partial charge in [0.05, 0.1) is 7.11 Å². The van der Waals surface area contributed by atoms with Crippen molar-refractivity contribution < 1.29 is 64.1 Å². The highest BCUT2D eigenvalue weighted by atomic mass is 16.5. The fraction of sp³-hybridized carbons (Fsp3) is 0.314. The number of nitrogens with two attached hydrogens (primary N) is 1. The molecule has 0 saturated carbocycles. The summed E-state index contributed by atoms with van der Waals surface area (Å²) in [4.78, 5) is 62.5. The van der Waals surface area contributed by atoms with Crippen molar-refractivity contribution in [1.29, 1.82) is 0 Å². The molecule has 0 bridgehead atoms. The van der Waals surface area contributed by atoms with Crippen molar-refractivity contribution in [2.45, 2.75) is 25.3 Å². The Morgan fingerprint density at radius 1 is 0.667 bits per heavy atom. The van der Waals surface area contributed by atoms with Gasteiger partial charge in [0, 0.05) is 68.7 Å². The molecule has 1 heterocycles. The van der Waals surface area contributed by atoms with Gasteiger partial charge in [-0.05, 0) is 55.6 Å². The fourth-order valence-electron chi connectivity index (χ4n) is 4.38. The Balaban J connectivity index is 0.000000848. The Hall–Kier alpha value is -5.84. The van der Waals surface area contributed by atoms with Gasteiger partial charge >= 0.3 is 35.8 Å².